The van der Waals surface area contributed by atoms with Gasteiger partial charge in [0.15, 0.2) is 0 Å². The smallest absolute Gasteiger partial charge is 0.133 e. The average Bonchev–Trinajstić information content (AvgIpc) is 2.59. The van der Waals surface area contributed by atoms with Crippen LogP contribution in [0, 0.1) is 0 Å². The molecule has 1 aromatic carbocycles. The van der Waals surface area contributed by atoms with E-state index in [-0.39, 0.29) is 0 Å². The highest BCUT2D eigenvalue weighted by Crippen LogP contribution is 2.37. The molecule has 100 valence electrons. The maximum absolute atomic E-state index is 10.3. The van der Waals surface area contributed by atoms with Gasteiger partial charge in [-0.2, -0.15) is 0 Å². The van der Waals surface area contributed by atoms with Crippen molar-refractivity contribution in [3.05, 3.63) is 27.2 Å². The number of aryl methyl sites for hydroxylation is 1. The number of benzene rings is 1. The lowest BCUT2D eigenvalue weighted by molar-refractivity contribution is 0.461. The lowest BCUT2D eigenvalue weighted by atomic mass is 9.93. The van der Waals surface area contributed by atoms with E-state index in [0.717, 1.165) is 48.7 Å². The van der Waals surface area contributed by atoms with Gasteiger partial charge < -0.3 is 10.8 Å². The van der Waals surface area contributed by atoms with Crippen LogP contribution in [-0.4, -0.2) is 11.7 Å². The molecule has 0 unspecified atom stereocenters. The van der Waals surface area contributed by atoms with Crippen molar-refractivity contribution in [3.8, 4) is 5.75 Å². The minimum absolute atomic E-state index is 0.452. The predicted molar refractivity (Wildman–Crippen MR) is 79.1 cm³/mol. The first-order valence-corrected chi connectivity index (χ1v) is 7.75. The molecule has 0 saturated heterocycles. The Bertz CT molecular complexity index is 417. The Kier molecular flexibility index (Phi) is 5.07. The molecular formula is C15H22BrNO. The Morgan fingerprint density at radius 2 is 1.94 bits per heavy atom. The third-order valence-corrected chi connectivity index (χ3v) is 4.42. The first-order valence-electron chi connectivity index (χ1n) is 6.96. The van der Waals surface area contributed by atoms with Crippen molar-refractivity contribution in [3.63, 3.8) is 0 Å². The maximum Gasteiger partial charge on any atom is 0.133 e. The second-order valence-electron chi connectivity index (χ2n) is 5.13. The van der Waals surface area contributed by atoms with E-state index >= 15 is 0 Å². The van der Waals surface area contributed by atoms with E-state index in [1.54, 1.807) is 0 Å². The zero-order valence-electron chi connectivity index (χ0n) is 10.8. The number of phenolic OH excluding ortho intramolecular Hbond substituents is 1. The van der Waals surface area contributed by atoms with Crippen molar-refractivity contribution >= 4 is 15.9 Å². The van der Waals surface area contributed by atoms with Gasteiger partial charge >= 0.3 is 0 Å². The van der Waals surface area contributed by atoms with Crippen LogP contribution < -0.4 is 5.73 Å². The molecule has 0 aromatic heterocycles. The van der Waals surface area contributed by atoms with Gasteiger partial charge in [0, 0.05) is 0 Å². The normalized spacial score (nSPS) is 15.2. The van der Waals surface area contributed by atoms with Gasteiger partial charge in [-0.05, 0) is 90.2 Å². The summed E-state index contributed by atoms with van der Waals surface area (Å²) in [5, 5.41) is 10.3. The highest BCUT2D eigenvalue weighted by Gasteiger charge is 2.17. The van der Waals surface area contributed by atoms with Gasteiger partial charge in [-0.1, -0.05) is 6.42 Å². The van der Waals surface area contributed by atoms with Crippen molar-refractivity contribution in [2.45, 2.75) is 51.4 Å². The molecule has 0 amide bonds. The van der Waals surface area contributed by atoms with E-state index in [4.69, 9.17) is 5.73 Å². The Hall–Kier alpha value is -0.540. The number of hydrogen-bond donors (Lipinski definition) is 2. The molecule has 1 aliphatic carbocycles. The van der Waals surface area contributed by atoms with E-state index in [9.17, 15) is 5.11 Å². The van der Waals surface area contributed by atoms with Crippen LogP contribution in [0.15, 0.2) is 10.5 Å². The predicted octanol–water partition coefficient (Wildman–Crippen LogP) is 3.71. The van der Waals surface area contributed by atoms with Crippen LogP contribution in [-0.2, 0) is 19.3 Å². The van der Waals surface area contributed by atoms with E-state index in [1.165, 1.54) is 30.4 Å². The summed E-state index contributed by atoms with van der Waals surface area (Å²) in [5.41, 5.74) is 9.55. The number of nitrogens with two attached hydrogens (primary N) is 1. The van der Waals surface area contributed by atoms with E-state index in [2.05, 4.69) is 22.0 Å². The molecular weight excluding hydrogens is 290 g/mol. The van der Waals surface area contributed by atoms with Gasteiger partial charge in [0.05, 0.1) is 4.47 Å². The van der Waals surface area contributed by atoms with Crippen LogP contribution in [0.25, 0.3) is 0 Å². The molecule has 18 heavy (non-hydrogen) atoms. The SMILES string of the molecule is NCCCCc1c(O)c(Br)cc2c1CCCCC2. The average molecular weight is 312 g/mol. The summed E-state index contributed by atoms with van der Waals surface area (Å²) >= 11 is 3.48. The van der Waals surface area contributed by atoms with Crippen molar-refractivity contribution in [1.29, 1.82) is 0 Å². The summed E-state index contributed by atoms with van der Waals surface area (Å²) < 4.78 is 0.853. The molecule has 3 heteroatoms. The van der Waals surface area contributed by atoms with Crippen molar-refractivity contribution < 1.29 is 5.11 Å². The first kappa shape index (κ1) is 13.9. The fourth-order valence-electron chi connectivity index (χ4n) is 2.83. The minimum atomic E-state index is 0.452. The number of hydrogen-bond acceptors (Lipinski definition) is 2. The number of phenols is 1. The lowest BCUT2D eigenvalue weighted by Gasteiger charge is -2.16. The molecule has 0 saturated carbocycles. The summed E-state index contributed by atoms with van der Waals surface area (Å²) in [7, 11) is 0. The number of fused-ring (bicyclic) bond motifs is 1. The lowest BCUT2D eigenvalue weighted by Crippen LogP contribution is -2.03. The molecule has 0 atom stereocenters. The molecule has 1 aromatic rings. The van der Waals surface area contributed by atoms with E-state index in [0.29, 0.717) is 5.75 Å². The molecule has 2 nitrogen and oxygen atoms in total. The van der Waals surface area contributed by atoms with Crippen molar-refractivity contribution in [1.82, 2.24) is 0 Å². The van der Waals surface area contributed by atoms with Gasteiger partial charge in [0.25, 0.3) is 0 Å². The largest absolute Gasteiger partial charge is 0.506 e. The van der Waals surface area contributed by atoms with Gasteiger partial charge in [-0.15, -0.1) is 0 Å². The van der Waals surface area contributed by atoms with Crippen LogP contribution >= 0.6 is 15.9 Å². The maximum atomic E-state index is 10.3. The summed E-state index contributed by atoms with van der Waals surface area (Å²) in [6.07, 6.45) is 9.13. The summed E-state index contributed by atoms with van der Waals surface area (Å²) in [6, 6.07) is 2.11. The van der Waals surface area contributed by atoms with Crippen molar-refractivity contribution in [2.75, 3.05) is 6.54 Å². The summed E-state index contributed by atoms with van der Waals surface area (Å²) in [5.74, 6) is 0.452. The highest BCUT2D eigenvalue weighted by molar-refractivity contribution is 9.10. The molecule has 2 rings (SSSR count). The molecule has 0 aliphatic heterocycles. The van der Waals surface area contributed by atoms with E-state index in [1.807, 2.05) is 0 Å². The zero-order valence-corrected chi connectivity index (χ0v) is 12.4. The second-order valence-corrected chi connectivity index (χ2v) is 5.98. The first-order chi connectivity index (χ1) is 8.74. The molecule has 1 aliphatic rings. The fourth-order valence-corrected chi connectivity index (χ4v) is 3.35. The molecule has 0 fully saturated rings. The van der Waals surface area contributed by atoms with Crippen molar-refractivity contribution in [2.24, 2.45) is 5.73 Å². The Morgan fingerprint density at radius 1 is 1.17 bits per heavy atom. The Labute approximate surface area is 118 Å². The highest BCUT2D eigenvalue weighted by atomic mass is 79.9. The van der Waals surface area contributed by atoms with Crippen LogP contribution in [0.1, 0.15) is 48.8 Å². The topological polar surface area (TPSA) is 46.2 Å². The van der Waals surface area contributed by atoms with Gasteiger partial charge in [0.2, 0.25) is 0 Å². The summed E-state index contributed by atoms with van der Waals surface area (Å²) in [6.45, 7) is 0.733. The van der Waals surface area contributed by atoms with E-state index < -0.39 is 0 Å². The molecule has 3 N–H and O–H groups in total. The minimum Gasteiger partial charge on any atom is -0.506 e. The number of unbranched alkanes of at least 4 members (excludes halogenated alkanes) is 1. The molecule has 0 radical (unpaired) electrons. The van der Waals surface area contributed by atoms with Gasteiger partial charge in [-0.25, -0.2) is 0 Å². The third-order valence-electron chi connectivity index (χ3n) is 3.82. The standard InChI is InChI=1S/C15H22BrNO/c16-14-10-11-6-2-1-3-7-12(11)13(15(14)18)8-4-5-9-17/h10,18H,1-9,17H2. The van der Waals surface area contributed by atoms with Crippen LogP contribution in [0.4, 0.5) is 0 Å². The fraction of sp³-hybridized carbons (Fsp3) is 0.600. The Balaban J connectivity index is 2.32. The number of aromatic hydroxyl groups is 1. The Morgan fingerprint density at radius 3 is 2.72 bits per heavy atom. The van der Waals surface area contributed by atoms with Crippen LogP contribution in [0.3, 0.4) is 0 Å². The van der Waals surface area contributed by atoms with Crippen LogP contribution in [0.2, 0.25) is 0 Å². The molecule has 0 bridgehead atoms. The molecule has 0 spiro atoms. The quantitative estimate of drug-likeness (QED) is 0.658. The third kappa shape index (κ3) is 3.07. The second kappa shape index (κ2) is 6.58. The monoisotopic (exact) mass is 311 g/mol. The zero-order chi connectivity index (χ0) is 13.0. The van der Waals surface area contributed by atoms with Gasteiger partial charge in [-0.3, -0.25) is 0 Å². The van der Waals surface area contributed by atoms with Gasteiger partial charge in [0.1, 0.15) is 5.75 Å². The molecule has 0 heterocycles. The summed E-state index contributed by atoms with van der Waals surface area (Å²) in [4.78, 5) is 0. The van der Waals surface area contributed by atoms with Crippen LogP contribution in [0.5, 0.6) is 5.75 Å². The number of halogens is 1. The number of rotatable bonds is 4.